The van der Waals surface area contributed by atoms with Crippen LogP contribution < -0.4 is 16.6 Å². The first-order valence-corrected chi connectivity index (χ1v) is 6.93. The van der Waals surface area contributed by atoms with Crippen LogP contribution in [-0.4, -0.2) is 4.92 Å². The highest BCUT2D eigenvalue weighted by Crippen LogP contribution is 2.30. The molecule has 0 spiro atoms. The molecule has 2 rings (SSSR count). The van der Waals surface area contributed by atoms with E-state index < -0.39 is 4.92 Å². The second-order valence-electron chi connectivity index (χ2n) is 3.92. The van der Waals surface area contributed by atoms with Crippen LogP contribution in [0, 0.1) is 13.7 Å². The number of hydrogen-bond acceptors (Lipinski definition) is 5. The molecule has 0 radical (unpaired) electrons. The molecule has 0 unspecified atom stereocenters. The molecule has 8 heteroatoms. The first-order valence-electron chi connectivity index (χ1n) is 5.48. The summed E-state index contributed by atoms with van der Waals surface area (Å²) in [6, 6.07) is 9.90. The highest BCUT2D eigenvalue weighted by Gasteiger charge is 2.10. The molecule has 2 aromatic carbocycles. The van der Waals surface area contributed by atoms with E-state index in [-0.39, 0.29) is 5.69 Å². The number of nitro groups is 1. The lowest BCUT2D eigenvalue weighted by Crippen LogP contribution is -2.07. The Balaban J connectivity index is 2.37. The molecule has 0 amide bonds. The van der Waals surface area contributed by atoms with Crippen LogP contribution in [-0.2, 0) is 0 Å². The summed E-state index contributed by atoms with van der Waals surface area (Å²) < 4.78 is 1.00. The van der Waals surface area contributed by atoms with Crippen LogP contribution >= 0.6 is 34.2 Å². The summed E-state index contributed by atoms with van der Waals surface area (Å²) in [5.74, 6) is 5.30. The Bertz CT molecular complexity index is 666. The van der Waals surface area contributed by atoms with E-state index in [1.165, 1.54) is 12.1 Å². The van der Waals surface area contributed by atoms with Crippen molar-refractivity contribution in [2.45, 2.75) is 0 Å². The van der Waals surface area contributed by atoms with Gasteiger partial charge in [-0.05, 0) is 46.9 Å². The van der Waals surface area contributed by atoms with E-state index in [1.54, 1.807) is 18.2 Å². The Labute approximate surface area is 133 Å². The Morgan fingerprint density at radius 1 is 1.20 bits per heavy atom. The minimum atomic E-state index is -0.485. The monoisotopic (exact) mass is 404 g/mol. The highest BCUT2D eigenvalue weighted by molar-refractivity contribution is 14.1. The summed E-state index contributed by atoms with van der Waals surface area (Å²) in [6.45, 7) is 0. The Morgan fingerprint density at radius 2 is 1.90 bits per heavy atom. The number of hydrogen-bond donors (Lipinski definition) is 3. The number of anilines is 3. The summed E-state index contributed by atoms with van der Waals surface area (Å²) >= 11 is 8.26. The zero-order valence-corrected chi connectivity index (χ0v) is 13.0. The number of nitrogens with one attached hydrogen (secondary N) is 2. The molecular weight excluding hydrogens is 395 g/mol. The van der Waals surface area contributed by atoms with Gasteiger partial charge in [-0.1, -0.05) is 11.6 Å². The van der Waals surface area contributed by atoms with Gasteiger partial charge in [-0.2, -0.15) is 0 Å². The van der Waals surface area contributed by atoms with E-state index in [0.29, 0.717) is 22.1 Å². The number of non-ortho nitro benzene ring substituents is 1. The van der Waals surface area contributed by atoms with E-state index >= 15 is 0 Å². The lowest BCUT2D eigenvalue weighted by atomic mass is 10.2. The van der Waals surface area contributed by atoms with Crippen molar-refractivity contribution in [1.29, 1.82) is 0 Å². The molecule has 0 bridgehead atoms. The molecule has 104 valence electrons. The zero-order valence-electron chi connectivity index (χ0n) is 10.1. The third kappa shape index (κ3) is 3.50. The van der Waals surface area contributed by atoms with Gasteiger partial charge in [-0.15, -0.1) is 0 Å². The van der Waals surface area contributed by atoms with Crippen LogP contribution in [0.25, 0.3) is 0 Å². The third-order valence-corrected chi connectivity index (χ3v) is 3.49. The summed E-state index contributed by atoms with van der Waals surface area (Å²) in [7, 11) is 0. The minimum Gasteiger partial charge on any atom is -0.354 e. The lowest BCUT2D eigenvalue weighted by Gasteiger charge is -2.10. The van der Waals surface area contributed by atoms with Crippen LogP contribution in [0.5, 0.6) is 0 Å². The van der Waals surface area contributed by atoms with Gasteiger partial charge in [0.1, 0.15) is 0 Å². The fourth-order valence-electron chi connectivity index (χ4n) is 1.62. The quantitative estimate of drug-likeness (QED) is 0.311. The van der Waals surface area contributed by atoms with Crippen molar-refractivity contribution < 1.29 is 4.92 Å². The highest BCUT2D eigenvalue weighted by atomic mass is 127. The van der Waals surface area contributed by atoms with Gasteiger partial charge in [0.2, 0.25) is 0 Å². The summed E-state index contributed by atoms with van der Waals surface area (Å²) in [4.78, 5) is 10.4. The average Bonchev–Trinajstić information content (AvgIpc) is 2.41. The second-order valence-corrected chi connectivity index (χ2v) is 5.57. The number of nitro benzene ring substituents is 1. The number of nitrogens with zero attached hydrogens (tertiary/aromatic N) is 1. The Kier molecular flexibility index (Phi) is 4.63. The normalized spacial score (nSPS) is 10.2. The number of rotatable bonds is 4. The van der Waals surface area contributed by atoms with Crippen molar-refractivity contribution in [2.75, 3.05) is 10.7 Å². The molecule has 0 saturated heterocycles. The van der Waals surface area contributed by atoms with E-state index in [4.69, 9.17) is 17.4 Å². The Morgan fingerprint density at radius 3 is 2.50 bits per heavy atom. The first kappa shape index (κ1) is 14.8. The molecule has 0 saturated carbocycles. The fourth-order valence-corrected chi connectivity index (χ4v) is 2.52. The van der Waals surface area contributed by atoms with Crippen molar-refractivity contribution in [2.24, 2.45) is 5.84 Å². The fraction of sp³-hybridized carbons (Fsp3) is 0. The largest absolute Gasteiger partial charge is 0.354 e. The van der Waals surface area contributed by atoms with Gasteiger partial charge in [0.05, 0.1) is 21.3 Å². The molecule has 6 nitrogen and oxygen atoms in total. The predicted molar refractivity (Wildman–Crippen MR) is 88.4 cm³/mol. The maximum atomic E-state index is 10.9. The molecule has 0 aliphatic heterocycles. The summed E-state index contributed by atoms with van der Waals surface area (Å²) in [5, 5.41) is 14.4. The molecule has 0 atom stereocenters. The Hall–Kier alpha value is -1.58. The lowest BCUT2D eigenvalue weighted by molar-refractivity contribution is -0.384. The maximum Gasteiger partial charge on any atom is 0.273 e. The van der Waals surface area contributed by atoms with Gasteiger partial charge in [-0.3, -0.25) is 16.0 Å². The van der Waals surface area contributed by atoms with Crippen molar-refractivity contribution in [1.82, 2.24) is 0 Å². The first-order chi connectivity index (χ1) is 9.49. The molecule has 4 N–H and O–H groups in total. The van der Waals surface area contributed by atoms with E-state index in [1.807, 2.05) is 6.07 Å². The average molecular weight is 405 g/mol. The van der Waals surface area contributed by atoms with E-state index in [9.17, 15) is 10.1 Å². The molecule has 2 aromatic rings. The van der Waals surface area contributed by atoms with E-state index in [2.05, 4.69) is 33.3 Å². The molecule has 20 heavy (non-hydrogen) atoms. The van der Waals surface area contributed by atoms with E-state index in [0.717, 1.165) is 3.57 Å². The number of halogens is 2. The number of benzene rings is 2. The minimum absolute atomic E-state index is 0.0652. The molecule has 0 heterocycles. The number of hydrazine groups is 1. The summed E-state index contributed by atoms with van der Waals surface area (Å²) in [6.07, 6.45) is 0. The van der Waals surface area contributed by atoms with Gasteiger partial charge in [0.15, 0.2) is 0 Å². The molecule has 0 aliphatic carbocycles. The number of nitrogens with two attached hydrogens (primary N) is 1. The van der Waals surface area contributed by atoms with Crippen LogP contribution in [0.15, 0.2) is 36.4 Å². The van der Waals surface area contributed by atoms with Gasteiger partial charge in [0, 0.05) is 21.4 Å². The smallest absolute Gasteiger partial charge is 0.273 e. The van der Waals surface area contributed by atoms with Crippen LogP contribution in [0.4, 0.5) is 22.7 Å². The topological polar surface area (TPSA) is 93.2 Å². The molecule has 0 aliphatic rings. The molecule has 0 fully saturated rings. The van der Waals surface area contributed by atoms with Crippen molar-refractivity contribution in [3.05, 3.63) is 55.1 Å². The van der Waals surface area contributed by atoms with Crippen molar-refractivity contribution >= 4 is 56.9 Å². The number of nitrogen functional groups attached to an aromatic ring is 1. The van der Waals surface area contributed by atoms with Gasteiger partial charge >= 0.3 is 0 Å². The van der Waals surface area contributed by atoms with Crippen LogP contribution in [0.3, 0.4) is 0 Å². The third-order valence-electron chi connectivity index (χ3n) is 2.51. The van der Waals surface area contributed by atoms with Gasteiger partial charge in [-0.25, -0.2) is 0 Å². The SMILES string of the molecule is NNc1cc(Nc2ccc(I)cc2Cl)cc([N+](=O)[O-])c1. The van der Waals surface area contributed by atoms with Gasteiger partial charge < -0.3 is 10.7 Å². The maximum absolute atomic E-state index is 10.9. The van der Waals surface area contributed by atoms with Crippen LogP contribution in [0.1, 0.15) is 0 Å². The van der Waals surface area contributed by atoms with Gasteiger partial charge in [0.25, 0.3) is 5.69 Å². The van der Waals surface area contributed by atoms with Crippen molar-refractivity contribution in [3.8, 4) is 0 Å². The van der Waals surface area contributed by atoms with Crippen molar-refractivity contribution in [3.63, 3.8) is 0 Å². The zero-order chi connectivity index (χ0) is 14.7. The summed E-state index contributed by atoms with van der Waals surface area (Å²) in [5.41, 5.74) is 3.95. The second kappa shape index (κ2) is 6.25. The molecular formula is C12H10ClIN4O2. The predicted octanol–water partition coefficient (Wildman–Crippen LogP) is 3.88. The van der Waals surface area contributed by atoms with Crippen LogP contribution in [0.2, 0.25) is 5.02 Å². The molecule has 0 aromatic heterocycles. The standard InChI is InChI=1S/C12H10ClIN4O2/c13-11-3-7(14)1-2-12(11)16-8-4-9(17-15)6-10(5-8)18(19)20/h1-6,16-17H,15H2.